The Bertz CT molecular complexity index is 975. The summed E-state index contributed by atoms with van der Waals surface area (Å²) in [5.41, 5.74) is 2.83. The van der Waals surface area contributed by atoms with E-state index in [1.165, 1.54) is 7.11 Å². The maximum Gasteiger partial charge on any atom is 0.305 e. The minimum atomic E-state index is -0.283. The van der Waals surface area contributed by atoms with E-state index in [9.17, 15) is 9.59 Å². The first-order valence-electron chi connectivity index (χ1n) is 9.53. The molecule has 1 N–H and O–H groups in total. The van der Waals surface area contributed by atoms with Gasteiger partial charge in [0.15, 0.2) is 0 Å². The normalized spacial score (nSPS) is 11.8. The minimum Gasteiger partial charge on any atom is -0.469 e. The second kappa shape index (κ2) is 9.18. The fourth-order valence-corrected chi connectivity index (χ4v) is 3.40. The van der Waals surface area contributed by atoms with Gasteiger partial charge in [-0.05, 0) is 47.7 Å². The summed E-state index contributed by atoms with van der Waals surface area (Å²) in [6, 6.07) is 21.9. The van der Waals surface area contributed by atoms with Crippen LogP contribution in [-0.4, -0.2) is 19.0 Å². The Morgan fingerprint density at radius 2 is 1.68 bits per heavy atom. The third-order valence-corrected chi connectivity index (χ3v) is 5.01. The molecule has 0 spiro atoms. The Morgan fingerprint density at radius 1 is 0.964 bits per heavy atom. The van der Waals surface area contributed by atoms with Crippen molar-refractivity contribution in [3.05, 3.63) is 77.9 Å². The Balaban J connectivity index is 1.75. The molecule has 0 saturated heterocycles. The van der Waals surface area contributed by atoms with Crippen LogP contribution < -0.4 is 5.32 Å². The van der Waals surface area contributed by atoms with Crippen LogP contribution in [0.3, 0.4) is 0 Å². The standard InChI is InChI=1S/C24H25NO3/c1-17(20-14-7-11-18-9-3-5-13-21(18)20)24(27)25-22-15-6-4-10-19(22)12-8-16-23(26)28-2/h3-7,9-11,13-15,17H,8,12,16H2,1-2H3,(H,25,27). The van der Waals surface area contributed by atoms with Gasteiger partial charge in [0.05, 0.1) is 13.0 Å². The lowest BCUT2D eigenvalue weighted by Gasteiger charge is -2.17. The number of amides is 1. The van der Waals surface area contributed by atoms with E-state index in [4.69, 9.17) is 0 Å². The molecule has 0 saturated carbocycles. The van der Waals surface area contributed by atoms with Gasteiger partial charge in [-0.1, -0.05) is 60.7 Å². The van der Waals surface area contributed by atoms with Crippen LogP contribution in [0.5, 0.6) is 0 Å². The third kappa shape index (κ3) is 4.58. The zero-order valence-corrected chi connectivity index (χ0v) is 16.3. The molecule has 0 heterocycles. The number of ether oxygens (including phenoxy) is 1. The van der Waals surface area contributed by atoms with Crippen molar-refractivity contribution < 1.29 is 14.3 Å². The molecule has 3 aromatic rings. The number of anilines is 1. The molecule has 0 bridgehead atoms. The number of hydrogen-bond acceptors (Lipinski definition) is 3. The summed E-state index contributed by atoms with van der Waals surface area (Å²) >= 11 is 0. The molecule has 4 nitrogen and oxygen atoms in total. The summed E-state index contributed by atoms with van der Waals surface area (Å²) in [4.78, 5) is 24.3. The summed E-state index contributed by atoms with van der Waals surface area (Å²) < 4.78 is 4.69. The second-order valence-corrected chi connectivity index (χ2v) is 6.87. The first-order valence-corrected chi connectivity index (χ1v) is 9.53. The number of hydrogen-bond donors (Lipinski definition) is 1. The molecule has 0 aromatic heterocycles. The van der Waals surface area contributed by atoms with Gasteiger partial charge in [-0.25, -0.2) is 0 Å². The lowest BCUT2D eigenvalue weighted by Crippen LogP contribution is -2.20. The first kappa shape index (κ1) is 19.6. The SMILES string of the molecule is COC(=O)CCCc1ccccc1NC(=O)C(C)c1cccc2ccccc12. The van der Waals surface area contributed by atoms with E-state index in [-0.39, 0.29) is 17.8 Å². The smallest absolute Gasteiger partial charge is 0.305 e. The second-order valence-electron chi connectivity index (χ2n) is 6.87. The molecular weight excluding hydrogens is 350 g/mol. The molecular formula is C24H25NO3. The minimum absolute atomic E-state index is 0.0447. The van der Waals surface area contributed by atoms with Crippen LogP contribution in [0.4, 0.5) is 5.69 Å². The highest BCUT2D eigenvalue weighted by Gasteiger charge is 2.18. The Morgan fingerprint density at radius 3 is 2.50 bits per heavy atom. The van der Waals surface area contributed by atoms with Gasteiger partial charge in [0.1, 0.15) is 0 Å². The molecule has 144 valence electrons. The molecule has 28 heavy (non-hydrogen) atoms. The molecule has 0 radical (unpaired) electrons. The lowest BCUT2D eigenvalue weighted by molar-refractivity contribution is -0.140. The van der Waals surface area contributed by atoms with E-state index in [2.05, 4.69) is 28.3 Å². The molecule has 1 unspecified atom stereocenters. The van der Waals surface area contributed by atoms with Crippen LogP contribution >= 0.6 is 0 Å². The van der Waals surface area contributed by atoms with Crippen LogP contribution in [0.25, 0.3) is 10.8 Å². The number of carbonyl (C=O) groups excluding carboxylic acids is 2. The molecule has 0 aliphatic carbocycles. The number of nitrogens with one attached hydrogen (secondary N) is 1. The van der Waals surface area contributed by atoms with Gasteiger partial charge >= 0.3 is 5.97 Å². The average molecular weight is 375 g/mol. The topological polar surface area (TPSA) is 55.4 Å². The van der Waals surface area contributed by atoms with Crippen molar-refractivity contribution in [3.8, 4) is 0 Å². The zero-order chi connectivity index (χ0) is 19.9. The molecule has 3 rings (SSSR count). The molecule has 0 aliphatic heterocycles. The van der Waals surface area contributed by atoms with Crippen LogP contribution in [0.1, 0.15) is 36.8 Å². The van der Waals surface area contributed by atoms with Crippen molar-refractivity contribution in [2.45, 2.75) is 32.1 Å². The van der Waals surface area contributed by atoms with Gasteiger partial charge in [-0.15, -0.1) is 0 Å². The largest absolute Gasteiger partial charge is 0.469 e. The Kier molecular flexibility index (Phi) is 6.43. The number of carbonyl (C=O) groups is 2. The molecule has 3 aromatic carbocycles. The van der Waals surface area contributed by atoms with Crippen molar-refractivity contribution in [1.82, 2.24) is 0 Å². The van der Waals surface area contributed by atoms with Gasteiger partial charge in [0.25, 0.3) is 0 Å². The summed E-state index contributed by atoms with van der Waals surface area (Å²) in [5.74, 6) is -0.544. The summed E-state index contributed by atoms with van der Waals surface area (Å²) in [6.45, 7) is 1.93. The van der Waals surface area contributed by atoms with Gasteiger partial charge in [-0.2, -0.15) is 0 Å². The monoisotopic (exact) mass is 375 g/mol. The number of fused-ring (bicyclic) bond motifs is 1. The van der Waals surface area contributed by atoms with Crippen molar-refractivity contribution in [2.24, 2.45) is 0 Å². The van der Waals surface area contributed by atoms with Crippen molar-refractivity contribution in [1.29, 1.82) is 0 Å². The Labute approximate surface area is 165 Å². The van der Waals surface area contributed by atoms with E-state index >= 15 is 0 Å². The quantitative estimate of drug-likeness (QED) is 0.586. The van der Waals surface area contributed by atoms with Crippen LogP contribution in [0.15, 0.2) is 66.7 Å². The summed E-state index contributed by atoms with van der Waals surface area (Å²) in [5, 5.41) is 5.29. The molecule has 1 atom stereocenters. The number of methoxy groups -OCH3 is 1. The molecule has 4 heteroatoms. The third-order valence-electron chi connectivity index (χ3n) is 5.01. The van der Waals surface area contributed by atoms with Crippen LogP contribution in [0, 0.1) is 0 Å². The number of esters is 1. The Hall–Kier alpha value is -3.14. The number of aryl methyl sites for hydroxylation is 1. The number of benzene rings is 3. The van der Waals surface area contributed by atoms with E-state index in [1.807, 2.05) is 55.5 Å². The first-order chi connectivity index (χ1) is 13.6. The van der Waals surface area contributed by atoms with Gasteiger partial charge in [-0.3, -0.25) is 9.59 Å². The average Bonchev–Trinajstić information content (AvgIpc) is 2.73. The van der Waals surface area contributed by atoms with Crippen LogP contribution in [-0.2, 0) is 20.7 Å². The fraction of sp³-hybridized carbons (Fsp3) is 0.250. The van der Waals surface area contributed by atoms with Crippen molar-refractivity contribution >= 4 is 28.3 Å². The van der Waals surface area contributed by atoms with E-state index in [0.717, 1.165) is 27.6 Å². The van der Waals surface area contributed by atoms with E-state index in [0.29, 0.717) is 19.3 Å². The maximum atomic E-state index is 13.0. The molecule has 0 fully saturated rings. The van der Waals surface area contributed by atoms with E-state index in [1.54, 1.807) is 0 Å². The lowest BCUT2D eigenvalue weighted by atomic mass is 9.94. The maximum absolute atomic E-state index is 13.0. The molecule has 0 aliphatic rings. The van der Waals surface area contributed by atoms with Gasteiger partial charge in [0, 0.05) is 12.1 Å². The number of rotatable bonds is 7. The predicted molar refractivity (Wildman–Crippen MR) is 112 cm³/mol. The van der Waals surface area contributed by atoms with Crippen molar-refractivity contribution in [3.63, 3.8) is 0 Å². The summed E-state index contributed by atoms with van der Waals surface area (Å²) in [6.07, 6.45) is 1.75. The highest BCUT2D eigenvalue weighted by molar-refractivity contribution is 5.99. The highest BCUT2D eigenvalue weighted by Crippen LogP contribution is 2.27. The van der Waals surface area contributed by atoms with Crippen LogP contribution in [0.2, 0.25) is 0 Å². The number of para-hydroxylation sites is 1. The van der Waals surface area contributed by atoms with Crippen molar-refractivity contribution in [2.75, 3.05) is 12.4 Å². The highest BCUT2D eigenvalue weighted by atomic mass is 16.5. The summed E-state index contributed by atoms with van der Waals surface area (Å²) in [7, 11) is 1.39. The van der Waals surface area contributed by atoms with Gasteiger partial charge in [0.2, 0.25) is 5.91 Å². The van der Waals surface area contributed by atoms with E-state index < -0.39 is 0 Å². The van der Waals surface area contributed by atoms with Gasteiger partial charge < -0.3 is 10.1 Å². The zero-order valence-electron chi connectivity index (χ0n) is 16.3. The predicted octanol–water partition coefficient (Wildman–Crippen LogP) is 5.08. The fourth-order valence-electron chi connectivity index (χ4n) is 3.40. The molecule has 1 amide bonds.